The number of hydrogen-bond acceptors (Lipinski definition) is 1. The smallest absolute Gasteiger partial charge is 0.265 e. The van der Waals surface area contributed by atoms with Crippen molar-refractivity contribution < 1.29 is 4.39 Å². The van der Waals surface area contributed by atoms with Gasteiger partial charge in [-0.3, -0.25) is 4.79 Å². The average Bonchev–Trinajstić information content (AvgIpc) is 2.29. The molecule has 0 fully saturated rings. The molecular formula is C12H7Br3FNO. The third-order valence-electron chi connectivity index (χ3n) is 2.36. The summed E-state index contributed by atoms with van der Waals surface area (Å²) in [5.74, 6) is -0.340. The van der Waals surface area contributed by atoms with Gasteiger partial charge in [-0.2, -0.15) is 0 Å². The molecule has 2 rings (SSSR count). The Morgan fingerprint density at radius 2 is 1.83 bits per heavy atom. The predicted octanol–water partition coefficient (Wildman–Crippen LogP) is 4.32. The Labute approximate surface area is 128 Å². The van der Waals surface area contributed by atoms with Crippen molar-refractivity contribution in [3.63, 3.8) is 0 Å². The number of halogens is 4. The van der Waals surface area contributed by atoms with E-state index in [1.54, 1.807) is 24.4 Å². The molecule has 0 aliphatic heterocycles. The summed E-state index contributed by atoms with van der Waals surface area (Å²) in [6.07, 6.45) is 1.63. The van der Waals surface area contributed by atoms with Gasteiger partial charge in [0.1, 0.15) is 5.82 Å². The zero-order valence-corrected chi connectivity index (χ0v) is 13.7. The second kappa shape index (κ2) is 5.67. The van der Waals surface area contributed by atoms with E-state index >= 15 is 0 Å². The van der Waals surface area contributed by atoms with Crippen LogP contribution in [0.1, 0.15) is 5.56 Å². The van der Waals surface area contributed by atoms with Gasteiger partial charge in [0.2, 0.25) is 0 Å². The van der Waals surface area contributed by atoms with Crippen molar-refractivity contribution in [2.45, 2.75) is 6.54 Å². The fourth-order valence-electron chi connectivity index (χ4n) is 1.52. The van der Waals surface area contributed by atoms with Crippen LogP contribution >= 0.6 is 47.8 Å². The third-order valence-corrected chi connectivity index (χ3v) is 3.86. The van der Waals surface area contributed by atoms with E-state index in [1.165, 1.54) is 10.6 Å². The van der Waals surface area contributed by atoms with Gasteiger partial charge in [0, 0.05) is 20.7 Å². The van der Waals surface area contributed by atoms with Crippen LogP contribution in [0.3, 0.4) is 0 Å². The van der Waals surface area contributed by atoms with Crippen LogP contribution in [-0.2, 0) is 6.54 Å². The standard InChI is InChI=1S/C12H7Br3FNO/c13-8-2-1-7(11(16)4-8)5-17-6-9(14)3-10(15)12(17)18/h1-4,6H,5H2. The predicted molar refractivity (Wildman–Crippen MR) is 79.3 cm³/mol. The Hall–Kier alpha value is -0.460. The molecule has 1 heterocycles. The first-order chi connectivity index (χ1) is 8.47. The van der Waals surface area contributed by atoms with Gasteiger partial charge in [0.15, 0.2) is 0 Å². The Kier molecular flexibility index (Phi) is 4.40. The largest absolute Gasteiger partial charge is 0.309 e. The molecule has 94 valence electrons. The van der Waals surface area contributed by atoms with E-state index in [4.69, 9.17) is 0 Å². The summed E-state index contributed by atoms with van der Waals surface area (Å²) >= 11 is 9.67. The Morgan fingerprint density at radius 3 is 2.50 bits per heavy atom. The lowest BCUT2D eigenvalue weighted by molar-refractivity contribution is 0.594. The van der Waals surface area contributed by atoms with Crippen LogP contribution in [0.5, 0.6) is 0 Å². The molecule has 1 aromatic heterocycles. The zero-order valence-electron chi connectivity index (χ0n) is 8.96. The summed E-state index contributed by atoms with van der Waals surface area (Å²) in [6, 6.07) is 6.45. The molecule has 0 amide bonds. The van der Waals surface area contributed by atoms with Crippen LogP contribution in [0.15, 0.2) is 48.7 Å². The van der Waals surface area contributed by atoms with E-state index in [-0.39, 0.29) is 17.9 Å². The number of aromatic nitrogens is 1. The van der Waals surface area contributed by atoms with E-state index in [9.17, 15) is 9.18 Å². The van der Waals surface area contributed by atoms with E-state index in [1.807, 2.05) is 0 Å². The first-order valence-electron chi connectivity index (χ1n) is 4.97. The van der Waals surface area contributed by atoms with Gasteiger partial charge < -0.3 is 4.57 Å². The van der Waals surface area contributed by atoms with Crippen LogP contribution in [0.2, 0.25) is 0 Å². The SMILES string of the molecule is O=c1c(Br)cc(Br)cn1Cc1ccc(Br)cc1F. The summed E-state index contributed by atoms with van der Waals surface area (Å²) in [5.41, 5.74) is 0.269. The maximum Gasteiger partial charge on any atom is 0.265 e. The maximum atomic E-state index is 13.7. The molecule has 6 heteroatoms. The summed E-state index contributed by atoms with van der Waals surface area (Å²) in [7, 11) is 0. The van der Waals surface area contributed by atoms with Crippen LogP contribution < -0.4 is 5.56 Å². The lowest BCUT2D eigenvalue weighted by atomic mass is 10.2. The van der Waals surface area contributed by atoms with Gasteiger partial charge in [-0.25, -0.2) is 4.39 Å². The van der Waals surface area contributed by atoms with E-state index in [2.05, 4.69) is 47.8 Å². The molecule has 18 heavy (non-hydrogen) atoms. The number of benzene rings is 1. The highest BCUT2D eigenvalue weighted by Gasteiger charge is 2.07. The molecule has 1 aromatic carbocycles. The van der Waals surface area contributed by atoms with E-state index in [0.29, 0.717) is 14.5 Å². The summed E-state index contributed by atoms with van der Waals surface area (Å²) < 4.78 is 17.0. The number of pyridine rings is 1. The first kappa shape index (κ1) is 14.0. The molecule has 0 bridgehead atoms. The van der Waals surface area contributed by atoms with Gasteiger partial charge in [-0.15, -0.1) is 0 Å². The molecule has 0 spiro atoms. The molecule has 0 saturated carbocycles. The quantitative estimate of drug-likeness (QED) is 0.683. The van der Waals surface area contributed by atoms with Crippen molar-refractivity contribution in [2.24, 2.45) is 0 Å². The van der Waals surface area contributed by atoms with Crippen molar-refractivity contribution in [2.75, 3.05) is 0 Å². The first-order valence-corrected chi connectivity index (χ1v) is 7.34. The topological polar surface area (TPSA) is 22.0 Å². The van der Waals surface area contributed by atoms with E-state index < -0.39 is 0 Å². The molecule has 2 nitrogen and oxygen atoms in total. The van der Waals surface area contributed by atoms with Crippen LogP contribution in [0.25, 0.3) is 0 Å². The van der Waals surface area contributed by atoms with Crippen molar-refractivity contribution >= 4 is 47.8 Å². The highest BCUT2D eigenvalue weighted by Crippen LogP contribution is 2.17. The average molecular weight is 440 g/mol. The molecular weight excluding hydrogens is 433 g/mol. The highest BCUT2D eigenvalue weighted by atomic mass is 79.9. The maximum absolute atomic E-state index is 13.7. The van der Waals surface area contributed by atoms with Crippen molar-refractivity contribution in [1.82, 2.24) is 4.57 Å². The second-order valence-electron chi connectivity index (χ2n) is 3.68. The summed E-state index contributed by atoms with van der Waals surface area (Å²) in [4.78, 5) is 11.9. The minimum Gasteiger partial charge on any atom is -0.309 e. The normalized spacial score (nSPS) is 10.7. The Morgan fingerprint density at radius 1 is 1.11 bits per heavy atom. The third kappa shape index (κ3) is 3.10. The van der Waals surface area contributed by atoms with Gasteiger partial charge in [0.25, 0.3) is 5.56 Å². The Balaban J connectivity index is 2.43. The van der Waals surface area contributed by atoms with Crippen LogP contribution in [0, 0.1) is 5.82 Å². The fraction of sp³-hybridized carbons (Fsp3) is 0.0833. The van der Waals surface area contributed by atoms with Crippen molar-refractivity contribution in [3.8, 4) is 0 Å². The molecule has 0 radical (unpaired) electrons. The van der Waals surface area contributed by atoms with Gasteiger partial charge in [-0.05, 0) is 50.1 Å². The molecule has 0 saturated heterocycles. The Bertz CT molecular complexity index is 654. The van der Waals surface area contributed by atoms with Crippen molar-refractivity contribution in [1.29, 1.82) is 0 Å². The molecule has 0 N–H and O–H groups in total. The number of rotatable bonds is 2. The lowest BCUT2D eigenvalue weighted by Gasteiger charge is -2.08. The molecule has 0 aliphatic carbocycles. The van der Waals surface area contributed by atoms with Crippen LogP contribution in [-0.4, -0.2) is 4.57 Å². The molecule has 0 unspecified atom stereocenters. The van der Waals surface area contributed by atoms with Gasteiger partial charge in [0.05, 0.1) is 11.0 Å². The zero-order chi connectivity index (χ0) is 13.3. The van der Waals surface area contributed by atoms with Gasteiger partial charge in [-0.1, -0.05) is 22.0 Å². The minimum atomic E-state index is -0.340. The molecule has 0 atom stereocenters. The van der Waals surface area contributed by atoms with Crippen LogP contribution in [0.4, 0.5) is 4.39 Å². The summed E-state index contributed by atoms with van der Waals surface area (Å²) in [6.45, 7) is 0.190. The fourth-order valence-corrected chi connectivity index (χ4v) is 3.11. The van der Waals surface area contributed by atoms with E-state index in [0.717, 1.165) is 4.47 Å². The van der Waals surface area contributed by atoms with Crippen molar-refractivity contribution in [3.05, 3.63) is 65.6 Å². The molecule has 0 aliphatic rings. The monoisotopic (exact) mass is 437 g/mol. The molecule has 2 aromatic rings. The number of nitrogens with zero attached hydrogens (tertiary/aromatic N) is 1. The lowest BCUT2D eigenvalue weighted by Crippen LogP contribution is -2.21. The number of hydrogen-bond donors (Lipinski definition) is 0. The minimum absolute atomic E-state index is 0.190. The highest BCUT2D eigenvalue weighted by molar-refractivity contribution is 9.11. The second-order valence-corrected chi connectivity index (χ2v) is 6.36. The summed E-state index contributed by atoms with van der Waals surface area (Å²) in [5, 5.41) is 0. The van der Waals surface area contributed by atoms with Gasteiger partial charge >= 0.3 is 0 Å².